The van der Waals surface area contributed by atoms with Gasteiger partial charge in [-0.3, -0.25) is 0 Å². The Morgan fingerprint density at radius 2 is 0.520 bits per heavy atom. The van der Waals surface area contributed by atoms with Gasteiger partial charge < -0.3 is 0 Å². The number of fused-ring (bicyclic) bond motifs is 5. The van der Waals surface area contributed by atoms with E-state index in [2.05, 4.69) is 194 Å². The lowest BCUT2D eigenvalue weighted by Gasteiger charge is -2.25. The summed E-state index contributed by atoms with van der Waals surface area (Å²) >= 11 is 0. The maximum Gasteiger partial charge on any atom is -0.000763 e. The smallest absolute Gasteiger partial charge is 0.000763 e. The fourth-order valence-corrected chi connectivity index (χ4v) is 8.24. The van der Waals surface area contributed by atoms with E-state index < -0.39 is 0 Å². The van der Waals surface area contributed by atoms with Crippen molar-refractivity contribution in [2.75, 3.05) is 0 Å². The van der Waals surface area contributed by atoms with Crippen LogP contribution in [0, 0.1) is 0 Å². The third-order valence-corrected chi connectivity index (χ3v) is 10.3. The third kappa shape index (κ3) is 4.46. The zero-order valence-corrected chi connectivity index (χ0v) is 27.5. The molecule has 0 aliphatic rings. The van der Waals surface area contributed by atoms with Gasteiger partial charge in [0, 0.05) is 0 Å². The average Bonchev–Trinajstić information content (AvgIpc) is 3.19. The van der Waals surface area contributed by atoms with Gasteiger partial charge in [-0.1, -0.05) is 170 Å². The first-order chi connectivity index (χ1) is 24.8. The van der Waals surface area contributed by atoms with Crippen molar-refractivity contribution in [1.29, 1.82) is 0 Å². The van der Waals surface area contributed by atoms with Gasteiger partial charge in [-0.25, -0.2) is 0 Å². The molecule has 0 N–H and O–H groups in total. The Morgan fingerprint density at radius 1 is 0.200 bits per heavy atom. The van der Waals surface area contributed by atoms with Crippen LogP contribution in [0.2, 0.25) is 0 Å². The van der Waals surface area contributed by atoms with Gasteiger partial charge in [0.05, 0.1) is 0 Å². The minimum atomic E-state index is 1.22. The lowest BCUT2D eigenvalue weighted by molar-refractivity contribution is 1.64. The molecule has 10 rings (SSSR count). The predicted molar refractivity (Wildman–Crippen MR) is 216 cm³/mol. The van der Waals surface area contributed by atoms with Gasteiger partial charge in [0.15, 0.2) is 0 Å². The molecule has 0 unspecified atom stereocenters. The number of hydrogen-bond donors (Lipinski definition) is 0. The minimum Gasteiger partial charge on any atom is -0.0622 e. The summed E-state index contributed by atoms with van der Waals surface area (Å²) in [5, 5.41) is 12.6. The van der Waals surface area contributed by atoms with Crippen molar-refractivity contribution in [3.05, 3.63) is 194 Å². The maximum absolute atomic E-state index is 2.47. The second-order valence-corrected chi connectivity index (χ2v) is 13.2. The molecule has 50 heavy (non-hydrogen) atoms. The van der Waals surface area contributed by atoms with Crippen LogP contribution in [0.25, 0.3) is 98.4 Å². The molecule has 0 aromatic heterocycles. The van der Waals surface area contributed by atoms with Crippen molar-refractivity contribution < 1.29 is 0 Å². The normalized spacial score (nSPS) is 11.6. The van der Waals surface area contributed by atoms with Crippen molar-refractivity contribution in [2.45, 2.75) is 0 Å². The standard InChI is InChI=1S/C50H32/c1-5-17-33(18-6-1)45-41-28-16-15-27-39(41)31-43-47(35-21-9-3-10-22-35)50-44(48(49(43)45)36-23-11-4-12-24-36)32-40-29-37-25-13-14-26-38(37)30-42(40)46(50)34-19-7-2-8-20-34/h1-32H. The molecule has 0 saturated heterocycles. The van der Waals surface area contributed by atoms with E-state index in [1.165, 1.54) is 98.4 Å². The first-order valence-electron chi connectivity index (χ1n) is 17.4. The number of benzene rings is 10. The van der Waals surface area contributed by atoms with Crippen LogP contribution < -0.4 is 0 Å². The molecule has 232 valence electrons. The Labute approximate surface area is 291 Å². The molecule has 0 aliphatic carbocycles. The highest BCUT2D eigenvalue weighted by atomic mass is 14.3. The predicted octanol–water partition coefficient (Wildman–Crippen LogP) is 14.1. The summed E-state index contributed by atoms with van der Waals surface area (Å²) in [4.78, 5) is 0. The Kier molecular flexibility index (Phi) is 6.60. The minimum absolute atomic E-state index is 1.22. The quantitative estimate of drug-likeness (QED) is 0.169. The summed E-state index contributed by atoms with van der Waals surface area (Å²) in [5.74, 6) is 0. The molecule has 0 heterocycles. The van der Waals surface area contributed by atoms with Crippen molar-refractivity contribution in [3.63, 3.8) is 0 Å². The summed E-state index contributed by atoms with van der Waals surface area (Å²) in [7, 11) is 0. The Hall–Kier alpha value is -6.50. The zero-order chi connectivity index (χ0) is 33.0. The number of rotatable bonds is 4. The second kappa shape index (κ2) is 11.6. The van der Waals surface area contributed by atoms with Crippen molar-refractivity contribution in [3.8, 4) is 44.5 Å². The van der Waals surface area contributed by atoms with Crippen LogP contribution in [-0.2, 0) is 0 Å². The lowest BCUT2D eigenvalue weighted by Crippen LogP contribution is -1.97. The SMILES string of the molecule is c1ccc(-c2c3ccccc3cc3c(-c4ccccc4)c4c(-c5ccccc5)c5cc6ccccc6cc5cc4c(-c4ccccc4)c23)cc1. The summed E-state index contributed by atoms with van der Waals surface area (Å²) in [5.41, 5.74) is 9.97. The second-order valence-electron chi connectivity index (χ2n) is 13.2. The maximum atomic E-state index is 2.47. The van der Waals surface area contributed by atoms with E-state index in [0.29, 0.717) is 0 Å². The fraction of sp³-hybridized carbons (Fsp3) is 0. The molecule has 0 atom stereocenters. The largest absolute Gasteiger partial charge is 0.0622 e. The molecule has 0 heteroatoms. The van der Waals surface area contributed by atoms with Gasteiger partial charge in [0.25, 0.3) is 0 Å². The van der Waals surface area contributed by atoms with E-state index in [9.17, 15) is 0 Å². The van der Waals surface area contributed by atoms with Crippen molar-refractivity contribution in [2.24, 2.45) is 0 Å². The van der Waals surface area contributed by atoms with Gasteiger partial charge in [-0.15, -0.1) is 0 Å². The van der Waals surface area contributed by atoms with Crippen LogP contribution >= 0.6 is 0 Å². The van der Waals surface area contributed by atoms with Gasteiger partial charge in [-0.05, 0) is 123 Å². The average molecular weight is 633 g/mol. The van der Waals surface area contributed by atoms with Crippen LogP contribution in [0.15, 0.2) is 194 Å². The summed E-state index contributed by atoms with van der Waals surface area (Å²) in [6.45, 7) is 0. The lowest BCUT2D eigenvalue weighted by atomic mass is 9.78. The molecule has 0 radical (unpaired) electrons. The van der Waals surface area contributed by atoms with Gasteiger partial charge in [-0.2, -0.15) is 0 Å². The van der Waals surface area contributed by atoms with Crippen molar-refractivity contribution in [1.82, 2.24) is 0 Å². The van der Waals surface area contributed by atoms with Crippen LogP contribution in [0.3, 0.4) is 0 Å². The van der Waals surface area contributed by atoms with Crippen LogP contribution in [0.5, 0.6) is 0 Å². The Morgan fingerprint density at radius 3 is 1.00 bits per heavy atom. The van der Waals surface area contributed by atoms with Crippen LogP contribution in [-0.4, -0.2) is 0 Å². The van der Waals surface area contributed by atoms with Crippen LogP contribution in [0.1, 0.15) is 0 Å². The Balaban J connectivity index is 1.58. The van der Waals surface area contributed by atoms with Gasteiger partial charge in [0.2, 0.25) is 0 Å². The van der Waals surface area contributed by atoms with Crippen LogP contribution in [0.4, 0.5) is 0 Å². The monoisotopic (exact) mass is 632 g/mol. The van der Waals surface area contributed by atoms with Gasteiger partial charge >= 0.3 is 0 Å². The summed E-state index contributed by atoms with van der Waals surface area (Å²) in [6.07, 6.45) is 0. The molecule has 0 nitrogen and oxygen atoms in total. The highest BCUT2D eigenvalue weighted by Crippen LogP contribution is 2.53. The summed E-state index contributed by atoms with van der Waals surface area (Å²) < 4.78 is 0. The summed E-state index contributed by atoms with van der Waals surface area (Å²) in [6, 6.07) is 71.4. The van der Waals surface area contributed by atoms with E-state index in [-0.39, 0.29) is 0 Å². The molecule has 10 aromatic carbocycles. The fourth-order valence-electron chi connectivity index (χ4n) is 8.24. The Bertz CT molecular complexity index is 2830. The first-order valence-corrected chi connectivity index (χ1v) is 17.4. The first kappa shape index (κ1) is 28.5. The third-order valence-electron chi connectivity index (χ3n) is 10.3. The zero-order valence-electron chi connectivity index (χ0n) is 27.5. The molecule has 0 bridgehead atoms. The molecular formula is C50H32. The van der Waals surface area contributed by atoms with E-state index in [4.69, 9.17) is 0 Å². The topological polar surface area (TPSA) is 0 Å². The molecule has 0 spiro atoms. The molecule has 0 saturated carbocycles. The molecule has 0 fully saturated rings. The van der Waals surface area contributed by atoms with Crippen molar-refractivity contribution >= 4 is 53.9 Å². The molecule has 0 aliphatic heterocycles. The van der Waals surface area contributed by atoms with E-state index in [1.807, 2.05) is 0 Å². The van der Waals surface area contributed by atoms with E-state index in [0.717, 1.165) is 0 Å². The number of hydrogen-bond acceptors (Lipinski definition) is 0. The molecular weight excluding hydrogens is 601 g/mol. The highest BCUT2D eigenvalue weighted by Gasteiger charge is 2.25. The van der Waals surface area contributed by atoms with E-state index in [1.54, 1.807) is 0 Å². The van der Waals surface area contributed by atoms with E-state index >= 15 is 0 Å². The molecule has 0 amide bonds. The molecule has 10 aromatic rings. The highest BCUT2D eigenvalue weighted by molar-refractivity contribution is 6.33. The van der Waals surface area contributed by atoms with Gasteiger partial charge in [0.1, 0.15) is 0 Å².